The fourth-order valence-electron chi connectivity index (χ4n) is 2.71. The molecule has 1 aliphatic heterocycles. The van der Waals surface area contributed by atoms with E-state index in [0.29, 0.717) is 11.1 Å². The lowest BCUT2D eigenvalue weighted by molar-refractivity contribution is 0.419. The van der Waals surface area contributed by atoms with Crippen LogP contribution in [0.5, 0.6) is 5.75 Å². The summed E-state index contributed by atoms with van der Waals surface area (Å²) in [6.07, 6.45) is 2.91. The van der Waals surface area contributed by atoms with Gasteiger partial charge in [-0.05, 0) is 18.6 Å². The SMILES string of the molecule is COc1cccc2c1c(=O)nc1n2CC/C1=C\N(C)C. The number of hydrogen-bond donors (Lipinski definition) is 0. The minimum absolute atomic E-state index is 0.227. The van der Waals surface area contributed by atoms with Gasteiger partial charge >= 0.3 is 0 Å². The monoisotopic (exact) mass is 271 g/mol. The topological polar surface area (TPSA) is 47.4 Å². The molecule has 0 atom stereocenters. The highest BCUT2D eigenvalue weighted by atomic mass is 16.5. The molecule has 0 bridgehead atoms. The Balaban J connectivity index is 2.33. The van der Waals surface area contributed by atoms with E-state index in [1.54, 1.807) is 13.2 Å². The minimum Gasteiger partial charge on any atom is -0.496 e. The maximum absolute atomic E-state index is 12.3. The molecule has 0 radical (unpaired) electrons. The summed E-state index contributed by atoms with van der Waals surface area (Å²) in [6.45, 7) is 0.839. The number of methoxy groups -OCH3 is 1. The average molecular weight is 271 g/mol. The molecular formula is C15H17N3O2. The Morgan fingerprint density at radius 2 is 2.20 bits per heavy atom. The first-order valence-corrected chi connectivity index (χ1v) is 6.57. The van der Waals surface area contributed by atoms with Gasteiger partial charge in [0.1, 0.15) is 17.0 Å². The average Bonchev–Trinajstić information content (AvgIpc) is 2.81. The number of ether oxygens (including phenoxy) is 1. The summed E-state index contributed by atoms with van der Waals surface area (Å²) < 4.78 is 7.38. The van der Waals surface area contributed by atoms with Crippen molar-refractivity contribution in [3.8, 4) is 5.75 Å². The number of hydrogen-bond acceptors (Lipinski definition) is 4. The van der Waals surface area contributed by atoms with Gasteiger partial charge in [-0.15, -0.1) is 0 Å². The molecule has 0 fully saturated rings. The highest BCUT2D eigenvalue weighted by molar-refractivity contribution is 5.86. The van der Waals surface area contributed by atoms with Crippen molar-refractivity contribution in [2.45, 2.75) is 13.0 Å². The molecular weight excluding hydrogens is 254 g/mol. The first kappa shape index (κ1) is 12.7. The zero-order valence-corrected chi connectivity index (χ0v) is 11.9. The van der Waals surface area contributed by atoms with Gasteiger partial charge in [0.05, 0.1) is 12.6 Å². The molecule has 5 nitrogen and oxygen atoms in total. The highest BCUT2D eigenvalue weighted by Crippen LogP contribution is 2.30. The van der Waals surface area contributed by atoms with Crippen LogP contribution >= 0.6 is 0 Å². The molecule has 3 rings (SSSR count). The number of nitrogens with zero attached hydrogens (tertiary/aromatic N) is 3. The fourth-order valence-corrected chi connectivity index (χ4v) is 2.71. The van der Waals surface area contributed by atoms with Crippen LogP contribution in [0.2, 0.25) is 0 Å². The molecule has 0 saturated carbocycles. The van der Waals surface area contributed by atoms with Crippen LogP contribution in [0.15, 0.2) is 29.2 Å². The second-order valence-electron chi connectivity index (χ2n) is 5.11. The van der Waals surface area contributed by atoms with E-state index in [0.717, 1.165) is 29.9 Å². The molecule has 20 heavy (non-hydrogen) atoms. The van der Waals surface area contributed by atoms with E-state index < -0.39 is 0 Å². The molecule has 1 aliphatic rings. The fraction of sp³-hybridized carbons (Fsp3) is 0.333. The van der Waals surface area contributed by atoms with Gasteiger partial charge in [0.2, 0.25) is 0 Å². The molecule has 0 aliphatic carbocycles. The molecule has 1 aromatic heterocycles. The van der Waals surface area contributed by atoms with Crippen molar-refractivity contribution in [3.05, 3.63) is 40.6 Å². The Kier molecular flexibility index (Phi) is 2.97. The summed E-state index contributed by atoms with van der Waals surface area (Å²) in [5.41, 5.74) is 1.76. The largest absolute Gasteiger partial charge is 0.496 e. The van der Waals surface area contributed by atoms with Crippen molar-refractivity contribution in [1.82, 2.24) is 14.5 Å². The van der Waals surface area contributed by atoms with Gasteiger partial charge < -0.3 is 14.2 Å². The first-order valence-electron chi connectivity index (χ1n) is 6.57. The molecule has 104 valence electrons. The lowest BCUT2D eigenvalue weighted by Crippen LogP contribution is -2.15. The number of allylic oxidation sites excluding steroid dienone is 1. The van der Waals surface area contributed by atoms with Crippen LogP contribution in [0.25, 0.3) is 16.5 Å². The number of aromatic nitrogens is 2. The summed E-state index contributed by atoms with van der Waals surface area (Å²) in [5.74, 6) is 1.35. The number of aryl methyl sites for hydroxylation is 1. The third kappa shape index (κ3) is 1.86. The van der Waals surface area contributed by atoms with E-state index in [2.05, 4.69) is 9.55 Å². The van der Waals surface area contributed by atoms with Crippen molar-refractivity contribution in [2.75, 3.05) is 21.2 Å². The Bertz CT molecular complexity index is 760. The first-order chi connectivity index (χ1) is 9.61. The van der Waals surface area contributed by atoms with Gasteiger partial charge in [-0.2, -0.15) is 4.98 Å². The van der Waals surface area contributed by atoms with Crippen LogP contribution < -0.4 is 10.3 Å². The number of benzene rings is 1. The summed E-state index contributed by atoms with van der Waals surface area (Å²) in [4.78, 5) is 18.5. The highest BCUT2D eigenvalue weighted by Gasteiger charge is 2.22. The Morgan fingerprint density at radius 1 is 1.40 bits per heavy atom. The maximum atomic E-state index is 12.3. The molecule has 0 N–H and O–H groups in total. The van der Waals surface area contributed by atoms with Crippen LogP contribution in [0.1, 0.15) is 12.2 Å². The zero-order valence-electron chi connectivity index (χ0n) is 11.9. The molecule has 2 aromatic rings. The van der Waals surface area contributed by atoms with Gasteiger partial charge in [-0.1, -0.05) is 6.07 Å². The Morgan fingerprint density at radius 3 is 2.90 bits per heavy atom. The van der Waals surface area contributed by atoms with Crippen LogP contribution in [-0.4, -0.2) is 35.7 Å². The third-order valence-electron chi connectivity index (χ3n) is 3.50. The molecule has 0 unspecified atom stereocenters. The van der Waals surface area contributed by atoms with Gasteiger partial charge in [-0.25, -0.2) is 0 Å². The lowest BCUT2D eigenvalue weighted by Gasteiger charge is -2.11. The molecule has 0 spiro atoms. The number of fused-ring (bicyclic) bond motifs is 3. The van der Waals surface area contributed by atoms with E-state index >= 15 is 0 Å². The quantitative estimate of drug-likeness (QED) is 0.834. The Labute approximate surface area is 117 Å². The normalized spacial score (nSPS) is 15.7. The van der Waals surface area contributed by atoms with Gasteiger partial charge in [-0.3, -0.25) is 4.79 Å². The second kappa shape index (κ2) is 4.67. The number of rotatable bonds is 2. The minimum atomic E-state index is -0.227. The summed E-state index contributed by atoms with van der Waals surface area (Å²) in [6, 6.07) is 5.65. The molecule has 1 aromatic carbocycles. The van der Waals surface area contributed by atoms with Gasteiger partial charge in [0.15, 0.2) is 0 Å². The molecule has 2 heterocycles. The smallest absolute Gasteiger partial charge is 0.284 e. The molecule has 0 saturated heterocycles. The van der Waals surface area contributed by atoms with E-state index in [-0.39, 0.29) is 5.56 Å². The predicted octanol–water partition coefficient (Wildman–Crippen LogP) is 1.71. The summed E-state index contributed by atoms with van der Waals surface area (Å²) >= 11 is 0. The van der Waals surface area contributed by atoms with Gasteiger partial charge in [0, 0.05) is 32.4 Å². The van der Waals surface area contributed by atoms with Crippen molar-refractivity contribution >= 4 is 16.5 Å². The van der Waals surface area contributed by atoms with Crippen LogP contribution in [-0.2, 0) is 6.54 Å². The molecule has 0 amide bonds. The van der Waals surface area contributed by atoms with Crippen LogP contribution in [0.3, 0.4) is 0 Å². The Hall–Kier alpha value is -2.30. The predicted molar refractivity (Wildman–Crippen MR) is 78.8 cm³/mol. The lowest BCUT2D eigenvalue weighted by atomic mass is 10.2. The summed E-state index contributed by atoms with van der Waals surface area (Å²) in [7, 11) is 5.51. The third-order valence-corrected chi connectivity index (χ3v) is 3.50. The van der Waals surface area contributed by atoms with Crippen molar-refractivity contribution in [1.29, 1.82) is 0 Å². The van der Waals surface area contributed by atoms with Gasteiger partial charge in [0.25, 0.3) is 5.56 Å². The van der Waals surface area contributed by atoms with Crippen molar-refractivity contribution in [2.24, 2.45) is 0 Å². The van der Waals surface area contributed by atoms with Crippen LogP contribution in [0.4, 0.5) is 0 Å². The van der Waals surface area contributed by atoms with E-state index in [4.69, 9.17) is 4.74 Å². The van der Waals surface area contributed by atoms with E-state index in [1.807, 2.05) is 37.3 Å². The summed E-state index contributed by atoms with van der Waals surface area (Å²) in [5, 5.41) is 0.560. The van der Waals surface area contributed by atoms with E-state index in [9.17, 15) is 4.79 Å². The maximum Gasteiger partial charge on any atom is 0.284 e. The van der Waals surface area contributed by atoms with Crippen molar-refractivity contribution < 1.29 is 4.74 Å². The second-order valence-corrected chi connectivity index (χ2v) is 5.11. The van der Waals surface area contributed by atoms with E-state index in [1.165, 1.54) is 0 Å². The zero-order chi connectivity index (χ0) is 14.3. The molecule has 5 heteroatoms. The van der Waals surface area contributed by atoms with Crippen molar-refractivity contribution in [3.63, 3.8) is 0 Å². The standard InChI is InChI=1S/C15H17N3O2/c1-17(2)9-10-7-8-18-11-5-4-6-12(20-3)13(11)15(19)16-14(10)18/h4-6,9H,7-8H2,1-3H3/b10-9+. The van der Waals surface area contributed by atoms with Crippen LogP contribution in [0, 0.1) is 0 Å².